The molecule has 0 unspecified atom stereocenters. The van der Waals surface area contributed by atoms with Gasteiger partial charge in [0.2, 0.25) is 5.91 Å². The number of nitrogens with two attached hydrogens (primary N) is 1. The second-order valence-corrected chi connectivity index (χ2v) is 5.32. The topological polar surface area (TPSA) is 83.7 Å². The molecule has 0 aromatic rings. The average molecular weight is 267 g/mol. The molecule has 2 fully saturated rings. The number of primary amides is 1. The molecule has 2 heterocycles. The summed E-state index contributed by atoms with van der Waals surface area (Å²) < 4.78 is 0. The third-order valence-corrected chi connectivity index (χ3v) is 4.01. The van der Waals surface area contributed by atoms with Gasteiger partial charge in [-0.15, -0.1) is 0 Å². The van der Waals surface area contributed by atoms with Gasteiger partial charge in [-0.1, -0.05) is 0 Å². The number of hydrogen-bond acceptors (Lipinski definition) is 3. The summed E-state index contributed by atoms with van der Waals surface area (Å²) in [7, 11) is 0. The van der Waals surface area contributed by atoms with Crippen molar-refractivity contribution in [3.8, 4) is 0 Å². The normalized spacial score (nSPS) is 21.3. The monoisotopic (exact) mass is 267 g/mol. The molecule has 0 aliphatic carbocycles. The first kappa shape index (κ1) is 13.8. The lowest BCUT2D eigenvalue weighted by molar-refractivity contribution is -0.153. The summed E-state index contributed by atoms with van der Waals surface area (Å²) in [5.41, 5.74) is 5.25. The number of rotatable bonds is 1. The van der Waals surface area contributed by atoms with Crippen molar-refractivity contribution in [2.45, 2.75) is 32.1 Å². The van der Waals surface area contributed by atoms with Crippen LogP contribution in [0.5, 0.6) is 0 Å². The van der Waals surface area contributed by atoms with E-state index in [0.717, 1.165) is 19.3 Å². The van der Waals surface area contributed by atoms with E-state index < -0.39 is 11.8 Å². The van der Waals surface area contributed by atoms with E-state index in [1.165, 1.54) is 0 Å². The van der Waals surface area contributed by atoms with Crippen LogP contribution in [0, 0.1) is 5.92 Å². The molecule has 6 heteroatoms. The zero-order chi connectivity index (χ0) is 13.8. The second-order valence-electron chi connectivity index (χ2n) is 5.32. The van der Waals surface area contributed by atoms with E-state index in [4.69, 9.17) is 5.73 Å². The van der Waals surface area contributed by atoms with E-state index in [-0.39, 0.29) is 11.8 Å². The molecule has 2 aliphatic heterocycles. The van der Waals surface area contributed by atoms with Gasteiger partial charge in [-0.2, -0.15) is 0 Å². The minimum atomic E-state index is -0.426. The molecular weight excluding hydrogens is 246 g/mol. The largest absolute Gasteiger partial charge is 0.369 e. The number of nitrogens with zero attached hydrogens (tertiary/aromatic N) is 2. The molecule has 106 valence electrons. The molecule has 19 heavy (non-hydrogen) atoms. The van der Waals surface area contributed by atoms with Crippen LogP contribution in [0.3, 0.4) is 0 Å². The molecule has 0 radical (unpaired) electrons. The Hall–Kier alpha value is -1.59. The molecule has 6 nitrogen and oxygen atoms in total. The predicted octanol–water partition coefficient (Wildman–Crippen LogP) is -0.277. The Morgan fingerprint density at radius 1 is 0.789 bits per heavy atom. The molecule has 2 aliphatic rings. The fourth-order valence-corrected chi connectivity index (χ4v) is 2.73. The van der Waals surface area contributed by atoms with Crippen molar-refractivity contribution >= 4 is 17.7 Å². The van der Waals surface area contributed by atoms with Crippen molar-refractivity contribution in [2.24, 2.45) is 11.7 Å². The fraction of sp³-hybridized carbons (Fsp3) is 0.769. The van der Waals surface area contributed by atoms with E-state index in [0.29, 0.717) is 39.0 Å². The maximum Gasteiger partial charge on any atom is 0.312 e. The van der Waals surface area contributed by atoms with Crippen LogP contribution in [0.4, 0.5) is 0 Å². The van der Waals surface area contributed by atoms with Crippen molar-refractivity contribution in [3.05, 3.63) is 0 Å². The number of hydrogen-bond donors (Lipinski definition) is 1. The lowest BCUT2D eigenvalue weighted by Crippen LogP contribution is -2.50. The van der Waals surface area contributed by atoms with E-state index >= 15 is 0 Å². The Morgan fingerprint density at radius 2 is 1.26 bits per heavy atom. The van der Waals surface area contributed by atoms with E-state index in [1.54, 1.807) is 9.80 Å². The van der Waals surface area contributed by atoms with Crippen LogP contribution in [0.25, 0.3) is 0 Å². The van der Waals surface area contributed by atoms with E-state index in [1.807, 2.05) is 0 Å². The quantitative estimate of drug-likeness (QED) is 0.663. The van der Waals surface area contributed by atoms with Crippen LogP contribution >= 0.6 is 0 Å². The van der Waals surface area contributed by atoms with Gasteiger partial charge < -0.3 is 15.5 Å². The zero-order valence-electron chi connectivity index (χ0n) is 11.1. The lowest BCUT2D eigenvalue weighted by Gasteiger charge is -2.33. The van der Waals surface area contributed by atoms with Crippen molar-refractivity contribution in [2.75, 3.05) is 26.2 Å². The van der Waals surface area contributed by atoms with Crippen LogP contribution in [-0.2, 0) is 14.4 Å². The molecular formula is C13H21N3O3. The minimum absolute atomic E-state index is 0.158. The summed E-state index contributed by atoms with van der Waals surface area (Å²) in [4.78, 5) is 38.4. The summed E-state index contributed by atoms with van der Waals surface area (Å²) in [6.07, 6.45) is 4.20. The standard InChI is InChI=1S/C13H21N3O3/c14-11(17)10-4-8-16(9-5-10)13(19)12(18)15-6-2-1-3-7-15/h10H,1-9H2,(H2,14,17). The summed E-state index contributed by atoms with van der Waals surface area (Å²) in [5, 5.41) is 0. The highest BCUT2D eigenvalue weighted by Gasteiger charge is 2.31. The van der Waals surface area contributed by atoms with Crippen molar-refractivity contribution in [1.29, 1.82) is 0 Å². The van der Waals surface area contributed by atoms with Gasteiger partial charge in [0.25, 0.3) is 0 Å². The highest BCUT2D eigenvalue weighted by atomic mass is 16.2. The van der Waals surface area contributed by atoms with Crippen LogP contribution in [0.15, 0.2) is 0 Å². The van der Waals surface area contributed by atoms with E-state index in [9.17, 15) is 14.4 Å². The molecule has 2 N–H and O–H groups in total. The Labute approximate surface area is 112 Å². The lowest BCUT2D eigenvalue weighted by atomic mass is 9.96. The van der Waals surface area contributed by atoms with Gasteiger partial charge in [-0.3, -0.25) is 14.4 Å². The molecule has 0 bridgehead atoms. The first-order valence-electron chi connectivity index (χ1n) is 6.97. The third kappa shape index (κ3) is 3.24. The number of carbonyl (C=O) groups excluding carboxylic acids is 3. The number of carbonyl (C=O) groups is 3. The first-order valence-corrected chi connectivity index (χ1v) is 6.97. The summed E-state index contributed by atoms with van der Waals surface area (Å²) >= 11 is 0. The molecule has 0 aromatic carbocycles. The van der Waals surface area contributed by atoms with Crippen molar-refractivity contribution < 1.29 is 14.4 Å². The molecule has 0 spiro atoms. The summed E-state index contributed by atoms with van der Waals surface area (Å²) in [5.74, 6) is -1.29. The van der Waals surface area contributed by atoms with E-state index in [2.05, 4.69) is 0 Å². The maximum absolute atomic E-state index is 12.1. The van der Waals surface area contributed by atoms with Crippen molar-refractivity contribution in [1.82, 2.24) is 9.80 Å². The molecule has 0 saturated carbocycles. The average Bonchev–Trinajstić information content (AvgIpc) is 2.46. The zero-order valence-corrected chi connectivity index (χ0v) is 11.1. The Balaban J connectivity index is 1.86. The fourth-order valence-electron chi connectivity index (χ4n) is 2.73. The maximum atomic E-state index is 12.1. The summed E-state index contributed by atoms with van der Waals surface area (Å²) in [6.45, 7) is 2.27. The number of piperidine rings is 2. The summed E-state index contributed by atoms with van der Waals surface area (Å²) in [6, 6.07) is 0. The van der Waals surface area contributed by atoms with Gasteiger partial charge in [0.1, 0.15) is 0 Å². The van der Waals surface area contributed by atoms with Gasteiger partial charge in [-0.05, 0) is 32.1 Å². The van der Waals surface area contributed by atoms with Gasteiger partial charge >= 0.3 is 11.8 Å². The van der Waals surface area contributed by atoms with Gasteiger partial charge in [0.15, 0.2) is 0 Å². The van der Waals surface area contributed by atoms with Crippen LogP contribution in [-0.4, -0.2) is 53.7 Å². The highest BCUT2D eigenvalue weighted by Crippen LogP contribution is 2.17. The Bertz CT molecular complexity index is 369. The van der Waals surface area contributed by atoms with Crippen LogP contribution in [0.1, 0.15) is 32.1 Å². The highest BCUT2D eigenvalue weighted by molar-refractivity contribution is 6.34. The molecule has 0 aromatic heterocycles. The van der Waals surface area contributed by atoms with Gasteiger partial charge in [0, 0.05) is 32.1 Å². The first-order chi connectivity index (χ1) is 9.09. The third-order valence-electron chi connectivity index (χ3n) is 4.01. The Morgan fingerprint density at radius 3 is 1.74 bits per heavy atom. The number of likely N-dealkylation sites (tertiary alicyclic amines) is 2. The van der Waals surface area contributed by atoms with Crippen LogP contribution in [0.2, 0.25) is 0 Å². The molecule has 3 amide bonds. The molecule has 2 saturated heterocycles. The Kier molecular flexibility index (Phi) is 4.39. The number of amides is 3. The SMILES string of the molecule is NC(=O)C1CCN(C(=O)C(=O)N2CCCCC2)CC1. The predicted molar refractivity (Wildman–Crippen MR) is 68.9 cm³/mol. The van der Waals surface area contributed by atoms with Gasteiger partial charge in [0.05, 0.1) is 0 Å². The van der Waals surface area contributed by atoms with Gasteiger partial charge in [-0.25, -0.2) is 0 Å². The second kappa shape index (κ2) is 6.04. The smallest absolute Gasteiger partial charge is 0.312 e. The molecule has 2 rings (SSSR count). The molecule has 0 atom stereocenters. The van der Waals surface area contributed by atoms with Crippen LogP contribution < -0.4 is 5.73 Å². The minimum Gasteiger partial charge on any atom is -0.369 e. The van der Waals surface area contributed by atoms with Crippen molar-refractivity contribution in [3.63, 3.8) is 0 Å².